The van der Waals surface area contributed by atoms with Gasteiger partial charge in [-0.3, -0.25) is 4.90 Å². The summed E-state index contributed by atoms with van der Waals surface area (Å²) in [6, 6.07) is 4.27. The SMILES string of the molecule is CCCn1cc(C(N)CO)c2cc3c(cc21)CN(C)C3. The first-order chi connectivity index (χ1) is 9.63. The van der Waals surface area contributed by atoms with Crippen LogP contribution in [-0.4, -0.2) is 28.2 Å². The zero-order chi connectivity index (χ0) is 14.3. The summed E-state index contributed by atoms with van der Waals surface area (Å²) < 4.78 is 2.28. The second-order valence-electron chi connectivity index (χ2n) is 5.88. The quantitative estimate of drug-likeness (QED) is 0.895. The average Bonchev–Trinajstić information content (AvgIpc) is 2.95. The topological polar surface area (TPSA) is 54.4 Å². The average molecular weight is 273 g/mol. The molecule has 3 N–H and O–H groups in total. The van der Waals surface area contributed by atoms with Crippen molar-refractivity contribution in [1.29, 1.82) is 0 Å². The van der Waals surface area contributed by atoms with E-state index < -0.39 is 0 Å². The van der Waals surface area contributed by atoms with Crippen LogP contribution in [0, 0.1) is 0 Å². The van der Waals surface area contributed by atoms with Gasteiger partial charge >= 0.3 is 0 Å². The van der Waals surface area contributed by atoms with Gasteiger partial charge in [-0.05, 0) is 42.3 Å². The van der Waals surface area contributed by atoms with E-state index in [0.29, 0.717) is 0 Å². The first-order valence-electron chi connectivity index (χ1n) is 7.33. The third-order valence-corrected chi connectivity index (χ3v) is 4.17. The predicted molar refractivity (Wildman–Crippen MR) is 81.4 cm³/mol. The maximum atomic E-state index is 9.38. The molecule has 108 valence electrons. The van der Waals surface area contributed by atoms with Gasteiger partial charge in [0, 0.05) is 36.7 Å². The predicted octanol–water partition coefficient (Wildman–Crippen LogP) is 1.99. The number of nitrogens with two attached hydrogens (primary N) is 1. The zero-order valence-corrected chi connectivity index (χ0v) is 12.3. The van der Waals surface area contributed by atoms with Gasteiger partial charge < -0.3 is 15.4 Å². The van der Waals surface area contributed by atoms with Gasteiger partial charge in [0.05, 0.1) is 12.6 Å². The number of aryl methyl sites for hydroxylation is 1. The van der Waals surface area contributed by atoms with E-state index in [1.54, 1.807) is 0 Å². The van der Waals surface area contributed by atoms with Gasteiger partial charge in [0.15, 0.2) is 0 Å². The Morgan fingerprint density at radius 2 is 2.00 bits per heavy atom. The molecule has 1 aliphatic heterocycles. The van der Waals surface area contributed by atoms with Crippen LogP contribution >= 0.6 is 0 Å². The van der Waals surface area contributed by atoms with Crippen molar-refractivity contribution < 1.29 is 5.11 Å². The number of rotatable bonds is 4. The highest BCUT2D eigenvalue weighted by Gasteiger charge is 2.20. The smallest absolute Gasteiger partial charge is 0.0625 e. The summed E-state index contributed by atoms with van der Waals surface area (Å²) in [5.41, 5.74) is 11.2. The van der Waals surface area contributed by atoms with Crippen molar-refractivity contribution in [2.24, 2.45) is 5.73 Å². The van der Waals surface area contributed by atoms with Crippen LogP contribution in [0.5, 0.6) is 0 Å². The number of benzene rings is 1. The third kappa shape index (κ3) is 2.14. The fourth-order valence-corrected chi connectivity index (χ4v) is 3.20. The zero-order valence-electron chi connectivity index (χ0n) is 12.3. The number of nitrogens with zero attached hydrogens (tertiary/aromatic N) is 2. The summed E-state index contributed by atoms with van der Waals surface area (Å²) in [4.78, 5) is 2.32. The van der Waals surface area contributed by atoms with Gasteiger partial charge in [0.2, 0.25) is 0 Å². The van der Waals surface area contributed by atoms with E-state index in [-0.39, 0.29) is 12.6 Å². The van der Waals surface area contributed by atoms with Crippen LogP contribution in [0.15, 0.2) is 18.3 Å². The minimum atomic E-state index is -0.298. The molecule has 0 aliphatic carbocycles. The fraction of sp³-hybridized carbons (Fsp3) is 0.500. The molecule has 2 aromatic rings. The lowest BCUT2D eigenvalue weighted by Crippen LogP contribution is -2.14. The Morgan fingerprint density at radius 3 is 2.65 bits per heavy atom. The fourth-order valence-electron chi connectivity index (χ4n) is 3.20. The van der Waals surface area contributed by atoms with E-state index in [4.69, 9.17) is 5.73 Å². The molecule has 3 rings (SSSR count). The highest BCUT2D eigenvalue weighted by Crippen LogP contribution is 2.32. The van der Waals surface area contributed by atoms with Gasteiger partial charge in [-0.25, -0.2) is 0 Å². The molecule has 1 aromatic heterocycles. The molecule has 1 aliphatic rings. The Bertz CT molecular complexity index is 632. The number of aromatic nitrogens is 1. The molecule has 0 fully saturated rings. The molecule has 1 atom stereocenters. The maximum absolute atomic E-state index is 9.38. The van der Waals surface area contributed by atoms with Crippen LogP contribution in [0.3, 0.4) is 0 Å². The molecule has 0 radical (unpaired) electrons. The van der Waals surface area contributed by atoms with Crippen molar-refractivity contribution in [2.45, 2.75) is 39.0 Å². The molecular weight excluding hydrogens is 250 g/mol. The van der Waals surface area contributed by atoms with E-state index in [0.717, 1.165) is 31.6 Å². The van der Waals surface area contributed by atoms with Gasteiger partial charge in [-0.2, -0.15) is 0 Å². The molecule has 4 heteroatoms. The van der Waals surface area contributed by atoms with Crippen molar-refractivity contribution in [1.82, 2.24) is 9.47 Å². The first-order valence-corrected chi connectivity index (χ1v) is 7.33. The normalized spacial score (nSPS) is 16.8. The van der Waals surface area contributed by atoms with Gasteiger partial charge in [0.1, 0.15) is 0 Å². The summed E-state index contributed by atoms with van der Waals surface area (Å²) in [6.45, 7) is 5.17. The summed E-state index contributed by atoms with van der Waals surface area (Å²) in [5, 5.41) is 10.6. The summed E-state index contributed by atoms with van der Waals surface area (Å²) in [6.07, 6.45) is 3.21. The van der Waals surface area contributed by atoms with Crippen LogP contribution in [0.4, 0.5) is 0 Å². The van der Waals surface area contributed by atoms with Crippen molar-refractivity contribution in [3.63, 3.8) is 0 Å². The largest absolute Gasteiger partial charge is 0.394 e. The standard InChI is InChI=1S/C16H23N3O/c1-3-4-19-9-14(15(17)10-20)13-5-11-7-18(2)8-12(11)6-16(13)19/h5-6,9,15,20H,3-4,7-8,10,17H2,1-2H3. The van der Waals surface area contributed by atoms with E-state index in [1.807, 2.05) is 0 Å². The molecule has 0 saturated carbocycles. The Balaban J connectivity index is 2.18. The van der Waals surface area contributed by atoms with E-state index >= 15 is 0 Å². The second-order valence-corrected chi connectivity index (χ2v) is 5.88. The lowest BCUT2D eigenvalue weighted by molar-refractivity contribution is 0.268. The first kappa shape index (κ1) is 13.6. The van der Waals surface area contributed by atoms with Gasteiger partial charge in [0.25, 0.3) is 0 Å². The Kier molecular flexibility index (Phi) is 3.54. The molecule has 0 amide bonds. The molecule has 1 unspecified atom stereocenters. The molecule has 4 nitrogen and oxygen atoms in total. The number of hydrogen-bond acceptors (Lipinski definition) is 3. The molecule has 20 heavy (non-hydrogen) atoms. The highest BCUT2D eigenvalue weighted by atomic mass is 16.3. The van der Waals surface area contributed by atoms with Crippen molar-refractivity contribution in [2.75, 3.05) is 13.7 Å². The third-order valence-electron chi connectivity index (χ3n) is 4.17. The Morgan fingerprint density at radius 1 is 1.30 bits per heavy atom. The van der Waals surface area contributed by atoms with Crippen molar-refractivity contribution >= 4 is 10.9 Å². The minimum Gasteiger partial charge on any atom is -0.394 e. The second kappa shape index (κ2) is 5.20. The van der Waals surface area contributed by atoms with Crippen molar-refractivity contribution in [3.8, 4) is 0 Å². The Labute approximate surface area is 119 Å². The monoisotopic (exact) mass is 273 g/mol. The van der Waals surface area contributed by atoms with Gasteiger partial charge in [-0.1, -0.05) is 6.92 Å². The number of hydrogen-bond donors (Lipinski definition) is 2. The van der Waals surface area contributed by atoms with Gasteiger partial charge in [-0.15, -0.1) is 0 Å². The van der Waals surface area contributed by atoms with E-state index in [1.165, 1.54) is 22.0 Å². The highest BCUT2D eigenvalue weighted by molar-refractivity contribution is 5.86. The lowest BCUT2D eigenvalue weighted by atomic mass is 10.0. The Hall–Kier alpha value is -1.36. The minimum absolute atomic E-state index is 0.0117. The van der Waals surface area contributed by atoms with Crippen LogP contribution in [0.25, 0.3) is 10.9 Å². The van der Waals surface area contributed by atoms with Crippen LogP contribution in [-0.2, 0) is 19.6 Å². The molecule has 0 spiro atoms. The number of fused-ring (bicyclic) bond motifs is 2. The summed E-state index contributed by atoms with van der Waals surface area (Å²) >= 11 is 0. The van der Waals surface area contributed by atoms with Crippen LogP contribution < -0.4 is 5.73 Å². The maximum Gasteiger partial charge on any atom is 0.0625 e. The summed E-state index contributed by atoms with van der Waals surface area (Å²) in [7, 11) is 2.14. The number of aliphatic hydroxyl groups excluding tert-OH is 1. The van der Waals surface area contributed by atoms with Crippen molar-refractivity contribution in [3.05, 3.63) is 35.0 Å². The molecule has 0 saturated heterocycles. The van der Waals surface area contributed by atoms with Crippen LogP contribution in [0.2, 0.25) is 0 Å². The van der Waals surface area contributed by atoms with Crippen LogP contribution in [0.1, 0.15) is 36.1 Å². The molecular formula is C16H23N3O. The molecule has 0 bridgehead atoms. The lowest BCUT2D eigenvalue weighted by Gasteiger charge is -2.07. The number of aliphatic hydroxyl groups is 1. The van der Waals surface area contributed by atoms with E-state index in [9.17, 15) is 5.11 Å². The molecule has 1 aromatic carbocycles. The summed E-state index contributed by atoms with van der Waals surface area (Å²) in [5.74, 6) is 0. The molecule has 2 heterocycles. The van der Waals surface area contributed by atoms with E-state index in [2.05, 4.69) is 41.8 Å².